The lowest BCUT2D eigenvalue weighted by Crippen LogP contribution is -2.40. The van der Waals surface area contributed by atoms with Crippen molar-refractivity contribution >= 4 is 39.9 Å². The zero-order valence-electron chi connectivity index (χ0n) is 16.3. The number of hydrogen-bond acceptors (Lipinski definition) is 4. The summed E-state index contributed by atoms with van der Waals surface area (Å²) in [6.45, 7) is 1.95. The number of hydrogen-bond donors (Lipinski definition) is 1. The third-order valence-corrected chi connectivity index (χ3v) is 5.95. The van der Waals surface area contributed by atoms with Crippen LogP contribution in [0.1, 0.15) is 50.3 Å². The fraction of sp³-hybridized carbons (Fsp3) is 0.208. The lowest BCUT2D eigenvalue weighted by molar-refractivity contribution is 0.0696. The zero-order valence-corrected chi connectivity index (χ0v) is 16.3. The van der Waals surface area contributed by atoms with Crippen LogP contribution in [-0.4, -0.2) is 36.0 Å². The van der Waals surface area contributed by atoms with Gasteiger partial charge in [-0.3, -0.25) is 9.59 Å². The van der Waals surface area contributed by atoms with Crippen molar-refractivity contribution in [2.45, 2.75) is 19.3 Å². The minimum absolute atomic E-state index is 0.101. The van der Waals surface area contributed by atoms with Gasteiger partial charge in [-0.05, 0) is 61.7 Å². The summed E-state index contributed by atoms with van der Waals surface area (Å²) < 4.78 is 0. The van der Waals surface area contributed by atoms with Crippen LogP contribution in [0.5, 0.6) is 0 Å². The highest BCUT2D eigenvalue weighted by Gasteiger charge is 2.35. The molecule has 3 aromatic carbocycles. The molecule has 0 spiro atoms. The molecule has 6 heteroatoms. The predicted molar refractivity (Wildman–Crippen MR) is 115 cm³/mol. The van der Waals surface area contributed by atoms with Gasteiger partial charge < -0.3 is 10.0 Å². The van der Waals surface area contributed by atoms with Gasteiger partial charge in [0.2, 0.25) is 0 Å². The topological polar surface area (TPSA) is 77.9 Å². The van der Waals surface area contributed by atoms with Crippen LogP contribution in [0.3, 0.4) is 0 Å². The SMILES string of the molecule is O=C(O)c1ccc(N2C(=O)c3cccc4c(N5CCCCC5)ccc(c34)C2=O)cc1. The summed E-state index contributed by atoms with van der Waals surface area (Å²) in [4.78, 5) is 41.2. The second kappa shape index (κ2) is 6.99. The molecule has 0 bridgehead atoms. The van der Waals surface area contributed by atoms with Gasteiger partial charge in [0.05, 0.1) is 11.3 Å². The maximum Gasteiger partial charge on any atom is 0.335 e. The van der Waals surface area contributed by atoms with Gasteiger partial charge in [-0.15, -0.1) is 0 Å². The Labute approximate surface area is 173 Å². The van der Waals surface area contributed by atoms with Gasteiger partial charge in [0, 0.05) is 40.7 Å². The average molecular weight is 400 g/mol. The molecule has 6 nitrogen and oxygen atoms in total. The lowest BCUT2D eigenvalue weighted by atomic mass is 9.92. The molecular formula is C24H20N2O4. The number of benzene rings is 3. The quantitative estimate of drug-likeness (QED) is 0.662. The van der Waals surface area contributed by atoms with E-state index < -0.39 is 17.8 Å². The summed E-state index contributed by atoms with van der Waals surface area (Å²) in [5.41, 5.74) is 2.50. The Kier molecular flexibility index (Phi) is 4.28. The Morgan fingerprint density at radius 1 is 0.800 bits per heavy atom. The van der Waals surface area contributed by atoms with Gasteiger partial charge in [-0.1, -0.05) is 12.1 Å². The van der Waals surface area contributed by atoms with Crippen molar-refractivity contribution in [3.63, 3.8) is 0 Å². The second-order valence-corrected chi connectivity index (χ2v) is 7.71. The Morgan fingerprint density at radius 2 is 1.47 bits per heavy atom. The minimum Gasteiger partial charge on any atom is -0.478 e. The minimum atomic E-state index is -1.06. The van der Waals surface area contributed by atoms with Gasteiger partial charge in [0.25, 0.3) is 11.8 Å². The molecule has 2 heterocycles. The summed E-state index contributed by atoms with van der Waals surface area (Å²) >= 11 is 0. The monoisotopic (exact) mass is 400 g/mol. The molecule has 0 unspecified atom stereocenters. The van der Waals surface area contributed by atoms with E-state index in [4.69, 9.17) is 5.11 Å². The largest absolute Gasteiger partial charge is 0.478 e. The van der Waals surface area contributed by atoms with E-state index in [1.165, 1.54) is 30.7 Å². The highest BCUT2D eigenvalue weighted by atomic mass is 16.4. The van der Waals surface area contributed by atoms with Gasteiger partial charge in [0.15, 0.2) is 0 Å². The van der Waals surface area contributed by atoms with Crippen LogP contribution in [-0.2, 0) is 0 Å². The maximum atomic E-state index is 13.3. The van der Waals surface area contributed by atoms with Crippen molar-refractivity contribution < 1.29 is 19.5 Å². The number of carbonyl (C=O) groups excluding carboxylic acids is 2. The summed E-state index contributed by atoms with van der Waals surface area (Å²) in [5.74, 6) is -1.84. The number of piperidine rings is 1. The Hall–Kier alpha value is -3.67. The summed E-state index contributed by atoms with van der Waals surface area (Å²) in [7, 11) is 0. The van der Waals surface area contributed by atoms with E-state index in [1.54, 1.807) is 6.07 Å². The molecule has 0 aliphatic carbocycles. The molecule has 0 atom stereocenters. The fourth-order valence-corrected chi connectivity index (χ4v) is 4.48. The first kappa shape index (κ1) is 18.4. The van der Waals surface area contributed by atoms with E-state index in [9.17, 15) is 14.4 Å². The molecule has 30 heavy (non-hydrogen) atoms. The van der Waals surface area contributed by atoms with Crippen molar-refractivity contribution in [3.8, 4) is 0 Å². The molecule has 0 aromatic heterocycles. The molecule has 0 saturated carbocycles. The van der Waals surface area contributed by atoms with Gasteiger partial charge >= 0.3 is 5.97 Å². The number of carbonyl (C=O) groups is 3. The number of amides is 2. The Bertz CT molecular complexity index is 1170. The first-order valence-corrected chi connectivity index (χ1v) is 10.1. The van der Waals surface area contributed by atoms with E-state index >= 15 is 0 Å². The Morgan fingerprint density at radius 3 is 2.13 bits per heavy atom. The summed E-state index contributed by atoms with van der Waals surface area (Å²) in [5, 5.41) is 10.7. The normalized spacial score (nSPS) is 16.3. The number of carboxylic acids is 1. The van der Waals surface area contributed by atoms with Crippen LogP contribution >= 0.6 is 0 Å². The highest BCUT2D eigenvalue weighted by molar-refractivity contribution is 6.36. The highest BCUT2D eigenvalue weighted by Crippen LogP contribution is 2.38. The van der Waals surface area contributed by atoms with E-state index in [1.807, 2.05) is 24.3 Å². The second-order valence-electron chi connectivity index (χ2n) is 7.71. The number of aromatic carboxylic acids is 1. The molecular weight excluding hydrogens is 380 g/mol. The maximum absolute atomic E-state index is 13.3. The van der Waals surface area contributed by atoms with Gasteiger partial charge in [-0.2, -0.15) is 0 Å². The van der Waals surface area contributed by atoms with E-state index in [0.717, 1.165) is 41.9 Å². The van der Waals surface area contributed by atoms with E-state index in [2.05, 4.69) is 4.90 Å². The number of carboxylic acid groups (broad SMARTS) is 1. The van der Waals surface area contributed by atoms with Crippen LogP contribution < -0.4 is 9.80 Å². The van der Waals surface area contributed by atoms with E-state index in [-0.39, 0.29) is 5.56 Å². The number of imide groups is 1. The van der Waals surface area contributed by atoms with Crippen molar-refractivity contribution in [2.75, 3.05) is 22.9 Å². The lowest BCUT2D eigenvalue weighted by Gasteiger charge is -2.32. The van der Waals surface area contributed by atoms with Crippen LogP contribution in [0.2, 0.25) is 0 Å². The molecule has 2 aliphatic heterocycles. The van der Waals surface area contributed by atoms with E-state index in [0.29, 0.717) is 22.2 Å². The third-order valence-electron chi connectivity index (χ3n) is 5.95. The molecule has 0 radical (unpaired) electrons. The molecule has 3 aromatic rings. The van der Waals surface area contributed by atoms with Crippen molar-refractivity contribution in [1.29, 1.82) is 0 Å². The first-order chi connectivity index (χ1) is 14.6. The molecule has 2 aliphatic rings. The third kappa shape index (κ3) is 2.76. The number of anilines is 2. The smallest absolute Gasteiger partial charge is 0.335 e. The Balaban J connectivity index is 1.63. The van der Waals surface area contributed by atoms with Crippen LogP contribution in [0.15, 0.2) is 54.6 Å². The van der Waals surface area contributed by atoms with Crippen molar-refractivity contribution in [1.82, 2.24) is 0 Å². The molecule has 1 N–H and O–H groups in total. The predicted octanol–water partition coefficient (Wildman–Crippen LogP) is 4.33. The first-order valence-electron chi connectivity index (χ1n) is 10.1. The molecule has 1 saturated heterocycles. The number of nitrogens with zero attached hydrogens (tertiary/aromatic N) is 2. The van der Waals surface area contributed by atoms with Gasteiger partial charge in [0.1, 0.15) is 0 Å². The van der Waals surface area contributed by atoms with Crippen LogP contribution in [0.25, 0.3) is 10.8 Å². The van der Waals surface area contributed by atoms with Gasteiger partial charge in [-0.25, -0.2) is 9.69 Å². The zero-order chi connectivity index (χ0) is 20.8. The summed E-state index contributed by atoms with van der Waals surface area (Å²) in [6.07, 6.45) is 3.51. The average Bonchev–Trinajstić information content (AvgIpc) is 2.78. The standard InChI is InChI=1S/C24H20N2O4/c27-22-18-6-4-5-17-20(25-13-2-1-3-14-25)12-11-19(21(17)18)23(28)26(22)16-9-7-15(8-10-16)24(29)30/h4-12H,1-3,13-14H2,(H,29,30). The van der Waals surface area contributed by atoms with Crippen LogP contribution in [0, 0.1) is 0 Å². The molecule has 5 rings (SSSR count). The number of rotatable bonds is 3. The van der Waals surface area contributed by atoms with Crippen molar-refractivity contribution in [3.05, 3.63) is 71.3 Å². The molecule has 150 valence electrons. The van der Waals surface area contributed by atoms with Crippen molar-refractivity contribution in [2.24, 2.45) is 0 Å². The molecule has 2 amide bonds. The van der Waals surface area contributed by atoms with Crippen LogP contribution in [0.4, 0.5) is 11.4 Å². The fourth-order valence-electron chi connectivity index (χ4n) is 4.48. The molecule has 1 fully saturated rings. The summed E-state index contributed by atoms with van der Waals surface area (Å²) in [6, 6.07) is 15.1.